The summed E-state index contributed by atoms with van der Waals surface area (Å²) in [6, 6.07) is 5.14. The van der Waals surface area contributed by atoms with Crippen LogP contribution < -0.4 is 5.32 Å². The number of amides is 1. The molecular weight excluding hydrogens is 319 g/mol. The Kier molecular flexibility index (Phi) is 7.41. The number of rotatable bonds is 7. The number of benzene rings is 1. The van der Waals surface area contributed by atoms with Crippen molar-refractivity contribution in [2.75, 3.05) is 19.8 Å². The van der Waals surface area contributed by atoms with Crippen molar-refractivity contribution in [3.05, 3.63) is 40.9 Å². The van der Waals surface area contributed by atoms with Crippen LogP contribution in [0.1, 0.15) is 18.9 Å². The first-order valence-corrected chi connectivity index (χ1v) is 7.12. The molecule has 122 valence electrons. The number of allylic oxidation sites excluding steroid dienone is 1. The van der Waals surface area contributed by atoms with Crippen molar-refractivity contribution in [3.8, 4) is 0 Å². The lowest BCUT2D eigenvalue weighted by atomic mass is 10.1. The molecule has 1 aromatic carbocycles. The van der Waals surface area contributed by atoms with E-state index in [0.717, 1.165) is 0 Å². The van der Waals surface area contributed by atoms with E-state index >= 15 is 0 Å². The molecular formula is C15H17ClF3NO2. The second-order valence-corrected chi connectivity index (χ2v) is 4.84. The topological polar surface area (TPSA) is 38.3 Å². The van der Waals surface area contributed by atoms with Gasteiger partial charge in [0.05, 0.1) is 5.57 Å². The molecule has 0 spiro atoms. The van der Waals surface area contributed by atoms with E-state index in [1.54, 1.807) is 0 Å². The smallest absolute Gasteiger partial charge is 0.382 e. The molecule has 1 N–H and O–H groups in total. The Labute approximate surface area is 132 Å². The summed E-state index contributed by atoms with van der Waals surface area (Å²) in [5.41, 5.74) is -1.12. The summed E-state index contributed by atoms with van der Waals surface area (Å²) in [4.78, 5) is 11.6. The van der Waals surface area contributed by atoms with Gasteiger partial charge in [-0.2, -0.15) is 13.2 Å². The number of halogens is 4. The Morgan fingerprint density at radius 1 is 1.32 bits per heavy atom. The van der Waals surface area contributed by atoms with Gasteiger partial charge in [0.25, 0.3) is 0 Å². The van der Waals surface area contributed by atoms with E-state index in [4.69, 9.17) is 16.3 Å². The van der Waals surface area contributed by atoms with Gasteiger partial charge in [-0.3, -0.25) is 4.79 Å². The number of alkyl halides is 3. The van der Waals surface area contributed by atoms with Gasteiger partial charge in [0.15, 0.2) is 0 Å². The second-order valence-electron chi connectivity index (χ2n) is 4.40. The van der Waals surface area contributed by atoms with Crippen LogP contribution in [0.2, 0.25) is 5.02 Å². The molecule has 0 saturated carbocycles. The molecule has 22 heavy (non-hydrogen) atoms. The largest absolute Gasteiger partial charge is 0.417 e. The first-order chi connectivity index (χ1) is 10.3. The number of ether oxygens (including phenoxy) is 1. The lowest BCUT2D eigenvalue weighted by molar-refractivity contribution is -0.117. The monoisotopic (exact) mass is 335 g/mol. The Bertz CT molecular complexity index is 513. The molecule has 0 unspecified atom stereocenters. The summed E-state index contributed by atoms with van der Waals surface area (Å²) in [6.45, 7) is 3.09. The maximum atomic E-state index is 13.1. The molecule has 0 aliphatic carbocycles. The average molecular weight is 336 g/mol. The van der Waals surface area contributed by atoms with Gasteiger partial charge < -0.3 is 10.1 Å². The lowest BCUT2D eigenvalue weighted by Crippen LogP contribution is -2.25. The number of nitrogens with one attached hydrogen (secondary N) is 1. The van der Waals surface area contributed by atoms with Crippen LogP contribution in [-0.4, -0.2) is 31.8 Å². The van der Waals surface area contributed by atoms with Crippen LogP contribution >= 0.6 is 11.6 Å². The van der Waals surface area contributed by atoms with E-state index in [-0.39, 0.29) is 12.1 Å². The van der Waals surface area contributed by atoms with Gasteiger partial charge in [-0.15, -0.1) is 0 Å². The summed E-state index contributed by atoms with van der Waals surface area (Å²) in [5.74, 6) is -0.793. The second kappa shape index (κ2) is 8.80. The number of hydrogen-bond donors (Lipinski definition) is 1. The Hall–Kier alpha value is -1.53. The summed E-state index contributed by atoms with van der Waals surface area (Å²) in [7, 11) is 0. The third kappa shape index (κ3) is 6.49. The van der Waals surface area contributed by atoms with Crippen LogP contribution in [0.4, 0.5) is 13.2 Å². The molecule has 0 bridgehead atoms. The van der Waals surface area contributed by atoms with Crippen molar-refractivity contribution in [1.82, 2.24) is 5.32 Å². The van der Waals surface area contributed by atoms with Gasteiger partial charge in [0.1, 0.15) is 0 Å². The van der Waals surface area contributed by atoms with Crippen molar-refractivity contribution in [1.29, 1.82) is 0 Å². The van der Waals surface area contributed by atoms with Gasteiger partial charge in [-0.25, -0.2) is 0 Å². The normalized spacial score (nSPS) is 12.3. The number of carbonyl (C=O) groups is 1. The number of carbonyl (C=O) groups excluding carboxylic acids is 1. The van der Waals surface area contributed by atoms with E-state index < -0.39 is 17.7 Å². The Balaban J connectivity index is 2.75. The van der Waals surface area contributed by atoms with Crippen LogP contribution in [0.25, 0.3) is 5.57 Å². The molecule has 0 atom stereocenters. The van der Waals surface area contributed by atoms with Crippen LogP contribution in [0.5, 0.6) is 0 Å². The predicted molar refractivity (Wildman–Crippen MR) is 79.6 cm³/mol. The van der Waals surface area contributed by atoms with E-state index in [2.05, 4.69) is 5.32 Å². The summed E-state index contributed by atoms with van der Waals surface area (Å²) in [5, 5.41) is 2.73. The third-order valence-corrected chi connectivity index (χ3v) is 2.96. The van der Waals surface area contributed by atoms with E-state index in [0.29, 0.717) is 30.7 Å². The highest BCUT2D eigenvalue weighted by Gasteiger charge is 2.35. The SMILES string of the molecule is CCOCCCNC(=O)C=C(c1ccc(Cl)cc1)C(F)(F)F. The molecule has 0 aliphatic rings. The fourth-order valence-corrected chi connectivity index (χ4v) is 1.80. The van der Waals surface area contributed by atoms with Gasteiger partial charge in [-0.1, -0.05) is 23.7 Å². The van der Waals surface area contributed by atoms with E-state index in [9.17, 15) is 18.0 Å². The van der Waals surface area contributed by atoms with Crippen LogP contribution in [0, 0.1) is 0 Å². The Morgan fingerprint density at radius 3 is 2.50 bits per heavy atom. The zero-order valence-electron chi connectivity index (χ0n) is 12.0. The molecule has 1 rings (SSSR count). The average Bonchev–Trinajstić information content (AvgIpc) is 2.44. The van der Waals surface area contributed by atoms with Crippen molar-refractivity contribution < 1.29 is 22.7 Å². The van der Waals surface area contributed by atoms with Gasteiger partial charge >= 0.3 is 6.18 Å². The minimum absolute atomic E-state index is 0.110. The van der Waals surface area contributed by atoms with Crippen LogP contribution in [0.3, 0.4) is 0 Å². The first-order valence-electron chi connectivity index (χ1n) is 6.75. The molecule has 0 heterocycles. The maximum Gasteiger partial charge on any atom is 0.417 e. The van der Waals surface area contributed by atoms with E-state index in [1.807, 2.05) is 6.92 Å². The lowest BCUT2D eigenvalue weighted by Gasteiger charge is -2.12. The fraction of sp³-hybridized carbons (Fsp3) is 0.400. The standard InChI is InChI=1S/C15H17ClF3NO2/c1-2-22-9-3-8-20-14(21)10-13(15(17,18)19)11-4-6-12(16)7-5-11/h4-7,10H,2-3,8-9H2,1H3,(H,20,21). The molecule has 7 heteroatoms. The quantitative estimate of drug-likeness (QED) is 0.607. The third-order valence-electron chi connectivity index (χ3n) is 2.70. The summed E-state index contributed by atoms with van der Waals surface area (Å²) in [6.07, 6.45) is -3.53. The fourth-order valence-electron chi connectivity index (χ4n) is 1.67. The van der Waals surface area contributed by atoms with Crippen molar-refractivity contribution >= 4 is 23.1 Å². The molecule has 1 amide bonds. The molecule has 0 saturated heterocycles. The minimum Gasteiger partial charge on any atom is -0.382 e. The molecule has 0 aliphatic heterocycles. The minimum atomic E-state index is -4.63. The highest BCUT2D eigenvalue weighted by atomic mass is 35.5. The Morgan fingerprint density at radius 2 is 1.95 bits per heavy atom. The van der Waals surface area contributed by atoms with Crippen LogP contribution in [0.15, 0.2) is 30.3 Å². The summed E-state index contributed by atoms with van der Waals surface area (Å²) < 4.78 is 44.2. The van der Waals surface area contributed by atoms with Gasteiger partial charge in [0.2, 0.25) is 5.91 Å². The first kappa shape index (κ1) is 18.5. The molecule has 0 aromatic heterocycles. The van der Waals surface area contributed by atoms with Crippen LogP contribution in [-0.2, 0) is 9.53 Å². The molecule has 1 aromatic rings. The highest BCUT2D eigenvalue weighted by molar-refractivity contribution is 6.30. The zero-order chi connectivity index (χ0) is 16.6. The molecule has 3 nitrogen and oxygen atoms in total. The van der Waals surface area contributed by atoms with Crippen molar-refractivity contribution in [2.24, 2.45) is 0 Å². The maximum absolute atomic E-state index is 13.1. The zero-order valence-corrected chi connectivity index (χ0v) is 12.8. The molecule has 0 fully saturated rings. The van der Waals surface area contributed by atoms with Crippen molar-refractivity contribution in [3.63, 3.8) is 0 Å². The van der Waals surface area contributed by atoms with Gasteiger partial charge in [-0.05, 0) is 31.0 Å². The van der Waals surface area contributed by atoms with Gasteiger partial charge in [0, 0.05) is 30.9 Å². The predicted octanol–water partition coefficient (Wildman–Crippen LogP) is 3.83. The van der Waals surface area contributed by atoms with E-state index in [1.165, 1.54) is 24.3 Å². The van der Waals surface area contributed by atoms with Crippen molar-refractivity contribution in [2.45, 2.75) is 19.5 Å². The highest BCUT2D eigenvalue weighted by Crippen LogP contribution is 2.34. The molecule has 0 radical (unpaired) electrons. The number of hydrogen-bond acceptors (Lipinski definition) is 2. The summed E-state index contributed by atoms with van der Waals surface area (Å²) >= 11 is 5.65.